The van der Waals surface area contributed by atoms with E-state index in [2.05, 4.69) is 10.3 Å². The molecule has 1 saturated heterocycles. The highest BCUT2D eigenvalue weighted by Gasteiger charge is 2.28. The zero-order chi connectivity index (χ0) is 19.2. The van der Waals surface area contributed by atoms with Crippen molar-refractivity contribution in [3.8, 4) is 5.75 Å². The van der Waals surface area contributed by atoms with Crippen LogP contribution in [0.4, 0.5) is 16.3 Å². The van der Waals surface area contributed by atoms with Crippen molar-refractivity contribution in [3.05, 3.63) is 48.2 Å². The molecular formula is C20H24N4O3. The molecule has 7 nitrogen and oxygen atoms in total. The van der Waals surface area contributed by atoms with Crippen molar-refractivity contribution in [2.75, 3.05) is 37.0 Å². The molecule has 1 aliphatic rings. The third kappa shape index (κ3) is 4.55. The predicted molar refractivity (Wildman–Crippen MR) is 104 cm³/mol. The van der Waals surface area contributed by atoms with E-state index in [1.807, 2.05) is 31.2 Å². The average molecular weight is 368 g/mol. The number of methoxy groups -OCH3 is 1. The van der Waals surface area contributed by atoms with Crippen molar-refractivity contribution in [1.29, 1.82) is 0 Å². The van der Waals surface area contributed by atoms with Crippen LogP contribution in [0.3, 0.4) is 0 Å². The monoisotopic (exact) mass is 368 g/mol. The Hall–Kier alpha value is -3.09. The van der Waals surface area contributed by atoms with Gasteiger partial charge in [0.05, 0.1) is 19.0 Å². The first-order valence-corrected chi connectivity index (χ1v) is 9.06. The van der Waals surface area contributed by atoms with Gasteiger partial charge in [-0.2, -0.15) is 0 Å². The maximum absolute atomic E-state index is 12.2. The number of anilines is 2. The van der Waals surface area contributed by atoms with E-state index in [0.717, 1.165) is 11.3 Å². The summed E-state index contributed by atoms with van der Waals surface area (Å²) < 4.78 is 5.19. The molecule has 0 saturated carbocycles. The van der Waals surface area contributed by atoms with Crippen molar-refractivity contribution in [3.63, 3.8) is 0 Å². The molecule has 3 rings (SSSR count). The number of nitrogens with one attached hydrogen (secondary N) is 1. The molecule has 0 bridgehead atoms. The van der Waals surface area contributed by atoms with Crippen LogP contribution in [0, 0.1) is 0 Å². The van der Waals surface area contributed by atoms with Crippen LogP contribution in [0.25, 0.3) is 0 Å². The second-order valence-electron chi connectivity index (χ2n) is 6.32. The third-order valence-corrected chi connectivity index (χ3v) is 4.56. The zero-order valence-corrected chi connectivity index (χ0v) is 15.6. The maximum atomic E-state index is 12.2. The molecule has 0 aliphatic carbocycles. The van der Waals surface area contributed by atoms with Gasteiger partial charge in [0.15, 0.2) is 0 Å². The van der Waals surface area contributed by atoms with Gasteiger partial charge in [0.25, 0.3) is 0 Å². The Bertz CT molecular complexity index is 807. The number of amides is 3. The number of nitrogens with zero attached hydrogens (tertiary/aromatic N) is 3. The van der Waals surface area contributed by atoms with Crippen molar-refractivity contribution in [2.45, 2.75) is 19.8 Å². The van der Waals surface area contributed by atoms with Crippen molar-refractivity contribution < 1.29 is 14.3 Å². The number of pyridine rings is 1. The van der Waals surface area contributed by atoms with Crippen LogP contribution in [0.1, 0.15) is 18.9 Å². The van der Waals surface area contributed by atoms with Crippen LogP contribution in [-0.4, -0.2) is 48.6 Å². The van der Waals surface area contributed by atoms with Gasteiger partial charge in [-0.05, 0) is 43.2 Å². The number of ether oxygens (including phenoxy) is 1. The van der Waals surface area contributed by atoms with Crippen LogP contribution >= 0.6 is 0 Å². The van der Waals surface area contributed by atoms with Crippen LogP contribution < -0.4 is 15.0 Å². The van der Waals surface area contributed by atoms with Crippen LogP contribution in [0.2, 0.25) is 0 Å². The minimum absolute atomic E-state index is 0.0277. The molecule has 1 aliphatic heterocycles. The van der Waals surface area contributed by atoms with Gasteiger partial charge in [-0.15, -0.1) is 0 Å². The third-order valence-electron chi connectivity index (χ3n) is 4.56. The van der Waals surface area contributed by atoms with E-state index in [0.29, 0.717) is 44.0 Å². The van der Waals surface area contributed by atoms with Gasteiger partial charge in [-0.1, -0.05) is 12.1 Å². The number of rotatable bonds is 7. The number of aromatic nitrogens is 1. The quantitative estimate of drug-likeness (QED) is 0.815. The van der Waals surface area contributed by atoms with Gasteiger partial charge in [0.2, 0.25) is 5.91 Å². The van der Waals surface area contributed by atoms with E-state index in [1.165, 1.54) is 0 Å². The van der Waals surface area contributed by atoms with Gasteiger partial charge in [0.1, 0.15) is 11.6 Å². The summed E-state index contributed by atoms with van der Waals surface area (Å²) in [4.78, 5) is 32.1. The van der Waals surface area contributed by atoms with E-state index >= 15 is 0 Å². The fraction of sp³-hybridized carbons (Fsp3) is 0.350. The van der Waals surface area contributed by atoms with Crippen molar-refractivity contribution >= 4 is 23.4 Å². The first-order valence-electron chi connectivity index (χ1n) is 9.06. The Balaban J connectivity index is 1.53. The summed E-state index contributed by atoms with van der Waals surface area (Å²) in [5.41, 5.74) is 1.67. The second kappa shape index (κ2) is 8.53. The molecule has 1 fully saturated rings. The molecule has 7 heteroatoms. The van der Waals surface area contributed by atoms with Gasteiger partial charge in [-0.25, -0.2) is 9.78 Å². The van der Waals surface area contributed by atoms with Crippen LogP contribution in [-0.2, 0) is 11.2 Å². The Kier molecular flexibility index (Phi) is 5.90. The molecule has 2 aromatic rings. The van der Waals surface area contributed by atoms with E-state index < -0.39 is 0 Å². The smallest absolute Gasteiger partial charge is 0.325 e. The highest BCUT2D eigenvalue weighted by molar-refractivity contribution is 5.94. The molecular weight excluding hydrogens is 344 g/mol. The Labute approximate surface area is 158 Å². The summed E-state index contributed by atoms with van der Waals surface area (Å²) in [6, 6.07) is 11.2. The Morgan fingerprint density at radius 3 is 2.78 bits per heavy atom. The summed E-state index contributed by atoms with van der Waals surface area (Å²) in [6.07, 6.45) is 2.58. The molecule has 0 spiro atoms. The number of hydrogen-bond donors (Lipinski definition) is 1. The van der Waals surface area contributed by atoms with Crippen LogP contribution in [0.5, 0.6) is 5.75 Å². The predicted octanol–water partition coefficient (Wildman–Crippen LogP) is 2.92. The largest absolute Gasteiger partial charge is 0.497 e. The standard InChI is InChI=1S/C20H24N4O3/c1-3-23-11-12-24(20(23)26)18-9-8-16(14-21-18)22-19(25)10-7-15-5-4-6-17(13-15)27-2/h4-6,8-9,13-14H,3,7,10-12H2,1-2H3,(H,22,25). The molecule has 3 amide bonds. The van der Waals surface area contributed by atoms with Gasteiger partial charge < -0.3 is 15.0 Å². The molecule has 0 radical (unpaired) electrons. The summed E-state index contributed by atoms with van der Waals surface area (Å²) in [5.74, 6) is 1.30. The summed E-state index contributed by atoms with van der Waals surface area (Å²) in [5, 5.41) is 2.84. The normalized spacial score (nSPS) is 13.8. The minimum atomic E-state index is -0.0817. The van der Waals surface area contributed by atoms with Gasteiger partial charge in [0, 0.05) is 26.1 Å². The molecule has 0 atom stereocenters. The molecule has 0 unspecified atom stereocenters. The number of urea groups is 1. The van der Waals surface area contributed by atoms with Crippen LogP contribution in [0.15, 0.2) is 42.6 Å². The molecule has 142 valence electrons. The SMILES string of the molecule is CCN1CCN(c2ccc(NC(=O)CCc3cccc(OC)c3)cn2)C1=O. The summed E-state index contributed by atoms with van der Waals surface area (Å²) in [6.45, 7) is 3.99. The molecule has 2 heterocycles. The van der Waals surface area contributed by atoms with E-state index in [-0.39, 0.29) is 11.9 Å². The van der Waals surface area contributed by atoms with Crippen molar-refractivity contribution in [1.82, 2.24) is 9.88 Å². The van der Waals surface area contributed by atoms with E-state index in [1.54, 1.807) is 35.2 Å². The number of aryl methyl sites for hydroxylation is 1. The lowest BCUT2D eigenvalue weighted by Crippen LogP contribution is -2.32. The van der Waals surface area contributed by atoms with Gasteiger partial charge in [-0.3, -0.25) is 9.69 Å². The fourth-order valence-corrected chi connectivity index (χ4v) is 3.02. The fourth-order valence-electron chi connectivity index (χ4n) is 3.02. The molecule has 1 aromatic heterocycles. The molecule has 1 N–H and O–H groups in total. The average Bonchev–Trinajstić information content (AvgIpc) is 3.07. The highest BCUT2D eigenvalue weighted by atomic mass is 16.5. The van der Waals surface area contributed by atoms with E-state index in [4.69, 9.17) is 4.74 Å². The lowest BCUT2D eigenvalue weighted by atomic mass is 10.1. The number of likely N-dealkylation sites (N-methyl/N-ethyl adjacent to an activating group) is 1. The Morgan fingerprint density at radius 2 is 2.11 bits per heavy atom. The zero-order valence-electron chi connectivity index (χ0n) is 15.6. The molecule has 1 aromatic carbocycles. The Morgan fingerprint density at radius 1 is 1.26 bits per heavy atom. The number of carbonyl (C=O) groups excluding carboxylic acids is 2. The minimum Gasteiger partial charge on any atom is -0.497 e. The second-order valence-corrected chi connectivity index (χ2v) is 6.32. The van der Waals surface area contributed by atoms with Gasteiger partial charge >= 0.3 is 6.03 Å². The lowest BCUT2D eigenvalue weighted by Gasteiger charge is -2.16. The summed E-state index contributed by atoms with van der Waals surface area (Å²) in [7, 11) is 1.62. The van der Waals surface area contributed by atoms with Crippen molar-refractivity contribution in [2.24, 2.45) is 0 Å². The maximum Gasteiger partial charge on any atom is 0.325 e. The first-order chi connectivity index (χ1) is 13.1. The van der Waals surface area contributed by atoms with E-state index in [9.17, 15) is 9.59 Å². The highest BCUT2D eigenvalue weighted by Crippen LogP contribution is 2.20. The molecule has 27 heavy (non-hydrogen) atoms. The number of hydrogen-bond acceptors (Lipinski definition) is 4. The number of benzene rings is 1. The topological polar surface area (TPSA) is 74.8 Å². The lowest BCUT2D eigenvalue weighted by molar-refractivity contribution is -0.116. The summed E-state index contributed by atoms with van der Waals surface area (Å²) >= 11 is 0. The first kappa shape index (κ1) is 18.7. The number of carbonyl (C=O) groups is 2.